The van der Waals surface area contributed by atoms with Crippen LogP contribution in [0.2, 0.25) is 0 Å². The quantitative estimate of drug-likeness (QED) is 0.852. The van der Waals surface area contributed by atoms with Crippen LogP contribution in [0.25, 0.3) is 0 Å². The lowest BCUT2D eigenvalue weighted by Gasteiger charge is -2.02. The molecule has 1 aliphatic rings. The lowest BCUT2D eigenvalue weighted by Crippen LogP contribution is -2.32. The van der Waals surface area contributed by atoms with Crippen molar-refractivity contribution in [1.29, 1.82) is 0 Å². The zero-order valence-electron chi connectivity index (χ0n) is 13.0. The van der Waals surface area contributed by atoms with Crippen LogP contribution < -0.4 is 10.7 Å². The Morgan fingerprint density at radius 2 is 1.96 bits per heavy atom. The van der Waals surface area contributed by atoms with E-state index in [1.165, 1.54) is 13.8 Å². The molecule has 2 N–H and O–H groups in total. The van der Waals surface area contributed by atoms with E-state index >= 15 is 0 Å². The maximum absolute atomic E-state index is 11.9. The normalized spacial score (nSPS) is 17.0. The number of hydrazone groups is 1. The summed E-state index contributed by atoms with van der Waals surface area (Å²) in [6.07, 6.45) is 2.27. The highest BCUT2D eigenvalue weighted by molar-refractivity contribution is 6.01. The fraction of sp³-hybridized carbons (Fsp3) is 0.235. The van der Waals surface area contributed by atoms with Gasteiger partial charge in [0.2, 0.25) is 11.6 Å². The van der Waals surface area contributed by atoms with Crippen LogP contribution in [-0.2, 0) is 9.59 Å². The number of nitrogens with one attached hydrogen (secondary N) is 2. The van der Waals surface area contributed by atoms with Crippen molar-refractivity contribution in [2.45, 2.75) is 26.3 Å². The lowest BCUT2D eigenvalue weighted by atomic mass is 10.0. The fourth-order valence-electron chi connectivity index (χ4n) is 2.69. The summed E-state index contributed by atoms with van der Waals surface area (Å²) in [5, 5.41) is 2.73. The molecule has 1 aromatic heterocycles. The van der Waals surface area contributed by atoms with Crippen molar-refractivity contribution in [3.05, 3.63) is 54.0 Å². The van der Waals surface area contributed by atoms with Gasteiger partial charge in [0.15, 0.2) is 0 Å². The summed E-state index contributed by atoms with van der Waals surface area (Å²) in [6.45, 7) is 2.98. The molecule has 0 radical (unpaired) electrons. The minimum absolute atomic E-state index is 0.0704. The van der Waals surface area contributed by atoms with Crippen LogP contribution >= 0.6 is 0 Å². The van der Waals surface area contributed by atoms with Gasteiger partial charge in [0.25, 0.3) is 0 Å². The van der Waals surface area contributed by atoms with E-state index < -0.39 is 0 Å². The summed E-state index contributed by atoms with van der Waals surface area (Å²) >= 11 is 0. The Morgan fingerprint density at radius 3 is 2.52 bits per heavy atom. The Balaban J connectivity index is 1.87. The van der Waals surface area contributed by atoms with Crippen molar-refractivity contribution in [1.82, 2.24) is 5.43 Å². The third-order valence-corrected chi connectivity index (χ3v) is 3.69. The van der Waals surface area contributed by atoms with E-state index in [0.29, 0.717) is 6.42 Å². The van der Waals surface area contributed by atoms with E-state index in [2.05, 4.69) is 10.7 Å². The molecule has 6 nitrogen and oxygen atoms in total. The largest absolute Gasteiger partial charge is 0.467 e. The molecule has 23 heavy (non-hydrogen) atoms. The summed E-state index contributed by atoms with van der Waals surface area (Å²) in [6, 6.07) is 11.1. The number of hydrazine groups is 1. The molecule has 0 bridgehead atoms. The molecule has 1 unspecified atom stereocenters. The van der Waals surface area contributed by atoms with E-state index in [0.717, 1.165) is 22.7 Å². The second-order valence-electron chi connectivity index (χ2n) is 5.46. The number of nitrogens with zero attached hydrogens (tertiary/aromatic N) is 1. The van der Waals surface area contributed by atoms with Gasteiger partial charge in [-0.1, -0.05) is 0 Å². The number of benzene rings is 1. The van der Waals surface area contributed by atoms with Crippen molar-refractivity contribution in [2.75, 3.05) is 5.32 Å². The molecule has 0 saturated heterocycles. The topological polar surface area (TPSA) is 74.3 Å². The van der Waals surface area contributed by atoms with Gasteiger partial charge in [-0.25, -0.2) is 4.79 Å². The highest BCUT2D eigenvalue weighted by Gasteiger charge is 2.37. The van der Waals surface area contributed by atoms with Crippen molar-refractivity contribution in [2.24, 2.45) is 0 Å². The predicted octanol–water partition coefficient (Wildman–Crippen LogP) is 2.24. The van der Waals surface area contributed by atoms with Crippen LogP contribution in [0.3, 0.4) is 0 Å². The van der Waals surface area contributed by atoms with Gasteiger partial charge in [-0.05, 0) is 41.1 Å². The van der Waals surface area contributed by atoms with Gasteiger partial charge in [-0.2, -0.15) is 5.43 Å². The molecule has 1 atom stereocenters. The molecule has 2 heterocycles. The maximum atomic E-state index is 11.9. The second kappa shape index (κ2) is 6.08. The first kappa shape index (κ1) is 15.0. The number of hydrogen-bond acceptors (Lipinski definition) is 4. The standard InChI is InChI=1S/C17H17N3O3/c1-11(21)18-14-7-5-13(6-8-14)16-10-15(17-4-3-9-23-17)19-20(16)12(2)22/h3-9,15,19H,10H2,1-2H3/p+1. The average Bonchev–Trinajstić information content (AvgIpc) is 3.16. The summed E-state index contributed by atoms with van der Waals surface area (Å²) in [5.41, 5.74) is 5.71. The Labute approximate surface area is 133 Å². The number of rotatable bonds is 3. The zero-order valence-corrected chi connectivity index (χ0v) is 13.0. The van der Waals surface area contributed by atoms with Crippen LogP contribution in [-0.4, -0.2) is 22.2 Å². The molecule has 0 fully saturated rings. The Kier molecular flexibility index (Phi) is 3.97. The first-order chi connectivity index (χ1) is 11.0. The predicted molar refractivity (Wildman–Crippen MR) is 85.0 cm³/mol. The fourth-order valence-corrected chi connectivity index (χ4v) is 2.69. The molecular weight excluding hydrogens is 294 g/mol. The molecule has 1 aromatic carbocycles. The Hall–Kier alpha value is -2.89. The molecule has 3 rings (SSSR count). The number of anilines is 1. The molecule has 2 amide bonds. The molecule has 6 heteroatoms. The number of furan rings is 1. The van der Waals surface area contributed by atoms with Crippen LogP contribution in [0.4, 0.5) is 5.69 Å². The average molecular weight is 312 g/mol. The lowest BCUT2D eigenvalue weighted by molar-refractivity contribution is -0.504. The van der Waals surface area contributed by atoms with Crippen LogP contribution in [0.15, 0.2) is 47.1 Å². The van der Waals surface area contributed by atoms with Gasteiger partial charge in [0.1, 0.15) is 11.8 Å². The van der Waals surface area contributed by atoms with Crippen molar-refractivity contribution >= 4 is 23.2 Å². The molecule has 1 aliphatic heterocycles. The molecule has 0 spiro atoms. The van der Waals surface area contributed by atoms with Crippen LogP contribution in [0.5, 0.6) is 0 Å². The number of amides is 2. The molecular formula is C17H18N3O3+. The first-order valence-electron chi connectivity index (χ1n) is 7.38. The number of hydrogen-bond donors (Lipinski definition) is 2. The second-order valence-corrected chi connectivity index (χ2v) is 5.46. The number of carbonyl (C=O) groups excluding carboxylic acids is 2. The maximum Gasteiger partial charge on any atom is 0.411 e. The summed E-state index contributed by atoms with van der Waals surface area (Å²) in [7, 11) is 0. The van der Waals surface area contributed by atoms with E-state index in [-0.39, 0.29) is 17.9 Å². The molecule has 2 aromatic rings. The van der Waals surface area contributed by atoms with E-state index in [9.17, 15) is 9.59 Å². The van der Waals surface area contributed by atoms with Crippen LogP contribution in [0.1, 0.15) is 37.6 Å². The SMILES string of the molecule is CC(=O)Nc1ccc(C2=[N+](C(C)=O)NC(c3ccco3)C2)cc1. The summed E-state index contributed by atoms with van der Waals surface area (Å²) in [4.78, 5) is 23.0. The minimum atomic E-state index is -0.115. The Bertz CT molecular complexity index is 761. The minimum Gasteiger partial charge on any atom is -0.467 e. The summed E-state index contributed by atoms with van der Waals surface area (Å²) < 4.78 is 6.99. The third kappa shape index (κ3) is 3.15. The van der Waals surface area contributed by atoms with E-state index in [1.807, 2.05) is 36.4 Å². The van der Waals surface area contributed by atoms with Gasteiger partial charge in [-0.3, -0.25) is 4.79 Å². The van der Waals surface area contributed by atoms with Gasteiger partial charge < -0.3 is 9.73 Å². The Morgan fingerprint density at radius 1 is 1.22 bits per heavy atom. The van der Waals surface area contributed by atoms with Gasteiger partial charge in [-0.15, -0.1) is 0 Å². The van der Waals surface area contributed by atoms with Crippen LogP contribution in [0, 0.1) is 0 Å². The van der Waals surface area contributed by atoms with Crippen molar-refractivity contribution in [3.63, 3.8) is 0 Å². The van der Waals surface area contributed by atoms with Gasteiger partial charge >= 0.3 is 5.91 Å². The highest BCUT2D eigenvalue weighted by atomic mass is 16.3. The van der Waals surface area contributed by atoms with E-state index in [4.69, 9.17) is 4.42 Å². The van der Waals surface area contributed by atoms with Crippen molar-refractivity contribution in [3.8, 4) is 0 Å². The summed E-state index contributed by atoms with van der Waals surface area (Å²) in [5.74, 6) is 0.595. The molecule has 0 aliphatic carbocycles. The van der Waals surface area contributed by atoms with Gasteiger partial charge in [0.05, 0.1) is 19.6 Å². The van der Waals surface area contributed by atoms with Gasteiger partial charge in [0, 0.05) is 18.2 Å². The van der Waals surface area contributed by atoms with Crippen molar-refractivity contribution < 1.29 is 18.7 Å². The zero-order chi connectivity index (χ0) is 16.4. The number of carbonyl (C=O) groups is 2. The highest BCUT2D eigenvalue weighted by Crippen LogP contribution is 2.25. The smallest absolute Gasteiger partial charge is 0.411 e. The molecule has 0 saturated carbocycles. The monoisotopic (exact) mass is 312 g/mol. The third-order valence-electron chi connectivity index (χ3n) is 3.69. The van der Waals surface area contributed by atoms with E-state index in [1.54, 1.807) is 10.9 Å². The first-order valence-corrected chi connectivity index (χ1v) is 7.38. The molecule has 118 valence electrons.